The van der Waals surface area contributed by atoms with Gasteiger partial charge in [0.05, 0.1) is 29.4 Å². The van der Waals surface area contributed by atoms with Gasteiger partial charge in [0.1, 0.15) is 12.4 Å². The van der Waals surface area contributed by atoms with Crippen LogP contribution >= 0.6 is 23.2 Å². The number of hydrogen-bond donors (Lipinski definition) is 3. The van der Waals surface area contributed by atoms with Crippen molar-refractivity contribution >= 4 is 34.9 Å². The van der Waals surface area contributed by atoms with Crippen molar-refractivity contribution in [2.75, 3.05) is 18.5 Å². The van der Waals surface area contributed by atoms with E-state index in [1.54, 1.807) is 18.3 Å². The first-order valence-electron chi connectivity index (χ1n) is 11.7. The zero-order valence-electron chi connectivity index (χ0n) is 19.9. The molecule has 0 saturated heterocycles. The van der Waals surface area contributed by atoms with Crippen molar-refractivity contribution < 1.29 is 14.6 Å². The number of carboxylic acid groups (broad SMARTS) is 1. The van der Waals surface area contributed by atoms with Gasteiger partial charge < -0.3 is 20.5 Å². The van der Waals surface area contributed by atoms with Crippen molar-refractivity contribution in [2.24, 2.45) is 5.92 Å². The Bertz CT molecular complexity index is 1090. The summed E-state index contributed by atoms with van der Waals surface area (Å²) in [7, 11) is 0. The maximum atomic E-state index is 10.6. The van der Waals surface area contributed by atoms with E-state index in [2.05, 4.69) is 29.5 Å². The topological polar surface area (TPSA) is 83.5 Å². The number of ether oxygens (including phenoxy) is 1. The Morgan fingerprint density at radius 2 is 1.89 bits per heavy atom. The van der Waals surface area contributed by atoms with Gasteiger partial charge in [0, 0.05) is 29.4 Å². The van der Waals surface area contributed by atoms with E-state index in [9.17, 15) is 4.79 Å². The second-order valence-electron chi connectivity index (χ2n) is 8.47. The van der Waals surface area contributed by atoms with E-state index in [4.69, 9.17) is 33.0 Å². The molecular weight excluding hydrogens is 485 g/mol. The molecule has 1 aromatic heterocycles. The fourth-order valence-electron chi connectivity index (χ4n) is 3.50. The molecule has 3 N–H and O–H groups in total. The van der Waals surface area contributed by atoms with Crippen LogP contribution in [0.25, 0.3) is 11.3 Å². The Kier molecular flexibility index (Phi) is 10.2. The second-order valence-corrected chi connectivity index (χ2v) is 9.31. The molecule has 0 radical (unpaired) electrons. The fraction of sp³-hybridized carbons (Fsp3) is 0.333. The first-order chi connectivity index (χ1) is 16.9. The van der Waals surface area contributed by atoms with Crippen LogP contribution in [-0.2, 0) is 11.3 Å². The Balaban J connectivity index is 1.57. The van der Waals surface area contributed by atoms with E-state index in [1.165, 1.54) is 0 Å². The molecule has 8 heteroatoms. The Morgan fingerprint density at radius 1 is 1.11 bits per heavy atom. The Hall–Kier alpha value is -2.80. The molecule has 0 unspecified atom stereocenters. The van der Waals surface area contributed by atoms with Gasteiger partial charge in [0.25, 0.3) is 0 Å². The highest BCUT2D eigenvalue weighted by atomic mass is 35.5. The average molecular weight is 516 g/mol. The number of anilines is 1. The quantitative estimate of drug-likeness (QED) is 0.224. The number of nitrogens with one attached hydrogen (secondary N) is 2. The number of pyridine rings is 1. The predicted octanol–water partition coefficient (Wildman–Crippen LogP) is 6.53. The van der Waals surface area contributed by atoms with E-state index in [1.807, 2.05) is 42.5 Å². The lowest BCUT2D eigenvalue weighted by Crippen LogP contribution is -2.33. The number of benzene rings is 2. The van der Waals surface area contributed by atoms with E-state index >= 15 is 0 Å². The summed E-state index contributed by atoms with van der Waals surface area (Å²) >= 11 is 12.3. The highest BCUT2D eigenvalue weighted by Crippen LogP contribution is 2.30. The summed E-state index contributed by atoms with van der Waals surface area (Å²) in [5, 5.41) is 16.6. The molecule has 1 heterocycles. The van der Waals surface area contributed by atoms with Gasteiger partial charge in [-0.05, 0) is 53.9 Å². The highest BCUT2D eigenvalue weighted by Gasteiger charge is 2.17. The smallest absolute Gasteiger partial charge is 0.304 e. The van der Waals surface area contributed by atoms with Gasteiger partial charge in [-0.2, -0.15) is 0 Å². The fourth-order valence-corrected chi connectivity index (χ4v) is 4.01. The maximum Gasteiger partial charge on any atom is 0.304 e. The highest BCUT2D eigenvalue weighted by molar-refractivity contribution is 6.36. The van der Waals surface area contributed by atoms with Crippen molar-refractivity contribution in [1.82, 2.24) is 10.3 Å². The molecule has 0 aliphatic carbocycles. The number of carboxylic acids is 1. The summed E-state index contributed by atoms with van der Waals surface area (Å²) in [6.45, 7) is 5.94. The van der Waals surface area contributed by atoms with E-state index < -0.39 is 5.97 Å². The SMILES string of the molecule is CC[C@H](C)[C@@H](COc1ccc(-c2ccc(Cl)cc2Cl)nc1)Nc1ccc(CNCCC(=O)O)cc1. The molecule has 3 aromatic rings. The van der Waals surface area contributed by atoms with Crippen molar-refractivity contribution in [3.63, 3.8) is 0 Å². The summed E-state index contributed by atoms with van der Waals surface area (Å²) in [5.74, 6) is 0.289. The van der Waals surface area contributed by atoms with Crippen molar-refractivity contribution in [1.29, 1.82) is 0 Å². The molecule has 2 aromatic carbocycles. The largest absolute Gasteiger partial charge is 0.490 e. The number of halogens is 2. The summed E-state index contributed by atoms with van der Waals surface area (Å²) in [6, 6.07) is 17.4. The van der Waals surface area contributed by atoms with Gasteiger partial charge in [-0.1, -0.05) is 55.6 Å². The molecule has 0 aliphatic heterocycles. The average Bonchev–Trinajstić information content (AvgIpc) is 2.85. The molecular formula is C27H31Cl2N3O3. The lowest BCUT2D eigenvalue weighted by atomic mass is 9.99. The van der Waals surface area contributed by atoms with Crippen molar-refractivity contribution in [3.05, 3.63) is 76.4 Å². The second kappa shape index (κ2) is 13.3. The van der Waals surface area contributed by atoms with Gasteiger partial charge in [0.2, 0.25) is 0 Å². The minimum Gasteiger partial charge on any atom is -0.490 e. The van der Waals surface area contributed by atoms with Crippen LogP contribution in [0.2, 0.25) is 10.0 Å². The zero-order valence-corrected chi connectivity index (χ0v) is 21.4. The first kappa shape index (κ1) is 26.8. The van der Waals surface area contributed by atoms with Gasteiger partial charge >= 0.3 is 5.97 Å². The maximum absolute atomic E-state index is 10.6. The van der Waals surface area contributed by atoms with Crippen molar-refractivity contribution in [3.8, 4) is 17.0 Å². The van der Waals surface area contributed by atoms with Crippen molar-refractivity contribution in [2.45, 2.75) is 39.3 Å². The Morgan fingerprint density at radius 3 is 2.51 bits per heavy atom. The number of aromatic nitrogens is 1. The number of hydrogen-bond acceptors (Lipinski definition) is 5. The first-order valence-corrected chi connectivity index (χ1v) is 12.4. The third-order valence-corrected chi connectivity index (χ3v) is 6.40. The normalized spacial score (nSPS) is 12.7. The van der Waals surface area contributed by atoms with Crippen LogP contribution in [0.4, 0.5) is 5.69 Å². The minimum absolute atomic E-state index is 0.114. The molecule has 0 aliphatic rings. The monoisotopic (exact) mass is 515 g/mol. The van der Waals surface area contributed by atoms with Crippen LogP contribution in [-0.4, -0.2) is 35.3 Å². The van der Waals surface area contributed by atoms with Crippen LogP contribution in [0, 0.1) is 5.92 Å². The number of aliphatic carboxylic acids is 1. The van der Waals surface area contributed by atoms with E-state index in [0.717, 1.165) is 28.9 Å². The molecule has 186 valence electrons. The summed E-state index contributed by atoms with van der Waals surface area (Å²) in [4.78, 5) is 15.1. The van der Waals surface area contributed by atoms with Crippen LogP contribution in [0.15, 0.2) is 60.8 Å². The van der Waals surface area contributed by atoms with Gasteiger partial charge in [0.15, 0.2) is 0 Å². The summed E-state index contributed by atoms with van der Waals surface area (Å²) in [5.41, 5.74) is 3.69. The third kappa shape index (κ3) is 8.42. The number of carbonyl (C=O) groups is 1. The molecule has 3 rings (SSSR count). The lowest BCUT2D eigenvalue weighted by molar-refractivity contribution is -0.136. The third-order valence-electron chi connectivity index (χ3n) is 5.85. The Labute approximate surface area is 216 Å². The standard InChI is InChI=1S/C27H31Cl2N3O3/c1-3-18(2)26(32-21-7-4-19(5-8-21)15-30-13-12-27(33)34)17-35-22-9-11-25(31-16-22)23-10-6-20(28)14-24(23)29/h4-11,14,16,18,26,30,32H,3,12-13,15,17H2,1-2H3,(H,33,34)/t18-,26+/m0/s1. The predicted molar refractivity (Wildman–Crippen MR) is 142 cm³/mol. The molecule has 6 nitrogen and oxygen atoms in total. The molecule has 0 fully saturated rings. The summed E-state index contributed by atoms with van der Waals surface area (Å²) < 4.78 is 6.08. The van der Waals surface area contributed by atoms with Crippen LogP contribution in [0.3, 0.4) is 0 Å². The van der Waals surface area contributed by atoms with Crippen LogP contribution in [0.5, 0.6) is 5.75 Å². The van der Waals surface area contributed by atoms with E-state index in [-0.39, 0.29) is 12.5 Å². The number of rotatable bonds is 13. The van der Waals surface area contributed by atoms with E-state index in [0.29, 0.717) is 41.4 Å². The molecule has 2 atom stereocenters. The molecule has 35 heavy (non-hydrogen) atoms. The van der Waals surface area contributed by atoms with Crippen LogP contribution in [0.1, 0.15) is 32.3 Å². The van der Waals surface area contributed by atoms with Gasteiger partial charge in [-0.15, -0.1) is 0 Å². The summed E-state index contributed by atoms with van der Waals surface area (Å²) in [6.07, 6.45) is 2.84. The number of nitrogens with zero attached hydrogens (tertiary/aromatic N) is 1. The molecule has 0 saturated carbocycles. The molecule has 0 spiro atoms. The van der Waals surface area contributed by atoms with Gasteiger partial charge in [-0.25, -0.2) is 0 Å². The van der Waals surface area contributed by atoms with Crippen LogP contribution < -0.4 is 15.4 Å². The minimum atomic E-state index is -0.798. The molecule has 0 bridgehead atoms. The zero-order chi connectivity index (χ0) is 25.2. The van der Waals surface area contributed by atoms with Gasteiger partial charge in [-0.3, -0.25) is 9.78 Å². The molecule has 0 amide bonds. The lowest BCUT2D eigenvalue weighted by Gasteiger charge is -2.25.